The Morgan fingerprint density at radius 1 is 1.12 bits per heavy atom. The molecule has 1 saturated carbocycles. The molecule has 1 aliphatic rings. The highest BCUT2D eigenvalue weighted by Gasteiger charge is 2.31. The summed E-state index contributed by atoms with van der Waals surface area (Å²) < 4.78 is 19.6. The highest BCUT2D eigenvalue weighted by molar-refractivity contribution is 7.09. The average molecular weight is 369 g/mol. The van der Waals surface area contributed by atoms with Crippen molar-refractivity contribution in [3.05, 3.63) is 46.5 Å². The lowest BCUT2D eigenvalue weighted by Crippen LogP contribution is -2.30. The standard InChI is InChI=1S/C7H10OS.C7H14O.C6H8O2/c1-8-5-4-7-3-2-6-9-7;1-7(6-8-2)4-3-5-7;1-7-4-6-2-3-8-5-6/h2-3,6H,4-5H2,1H3;3-6H2,1-2H3;2-3,5H,4H2,1H3. The van der Waals surface area contributed by atoms with Crippen LogP contribution in [0.3, 0.4) is 0 Å². The van der Waals surface area contributed by atoms with Gasteiger partial charge in [-0.05, 0) is 35.8 Å². The summed E-state index contributed by atoms with van der Waals surface area (Å²) in [7, 11) is 5.17. The zero-order valence-electron chi connectivity index (χ0n) is 16.0. The van der Waals surface area contributed by atoms with Gasteiger partial charge in [0.15, 0.2) is 0 Å². The quantitative estimate of drug-likeness (QED) is 0.675. The van der Waals surface area contributed by atoms with Gasteiger partial charge in [-0.3, -0.25) is 0 Å². The normalized spacial score (nSPS) is 14.6. The molecule has 0 amide bonds. The second kappa shape index (κ2) is 13.1. The molecule has 0 aliphatic heterocycles. The van der Waals surface area contributed by atoms with Crippen molar-refractivity contribution in [1.82, 2.24) is 0 Å². The maximum atomic E-state index is 5.05. The summed E-state index contributed by atoms with van der Waals surface area (Å²) in [4.78, 5) is 1.40. The van der Waals surface area contributed by atoms with Gasteiger partial charge in [0.2, 0.25) is 0 Å². The van der Waals surface area contributed by atoms with Crippen LogP contribution in [0.1, 0.15) is 36.6 Å². The molecule has 2 aromatic heterocycles. The SMILES string of the molecule is COCC1(C)CCC1.COCCc1cccs1.COCc1ccoc1. The second-order valence-electron chi connectivity index (χ2n) is 6.48. The first kappa shape index (κ1) is 21.9. The molecule has 1 aliphatic carbocycles. The van der Waals surface area contributed by atoms with Crippen LogP contribution >= 0.6 is 11.3 Å². The highest BCUT2D eigenvalue weighted by atomic mass is 32.1. The highest BCUT2D eigenvalue weighted by Crippen LogP contribution is 2.39. The third-order valence-corrected chi connectivity index (χ3v) is 5.01. The molecule has 3 rings (SSSR count). The Morgan fingerprint density at radius 2 is 1.92 bits per heavy atom. The van der Waals surface area contributed by atoms with E-state index >= 15 is 0 Å². The third kappa shape index (κ3) is 9.80. The van der Waals surface area contributed by atoms with Crippen LogP contribution in [0.2, 0.25) is 0 Å². The van der Waals surface area contributed by atoms with Crippen LogP contribution in [0.25, 0.3) is 0 Å². The Morgan fingerprint density at radius 3 is 2.32 bits per heavy atom. The van der Waals surface area contributed by atoms with Crippen molar-refractivity contribution < 1.29 is 18.6 Å². The fraction of sp³-hybridized carbons (Fsp3) is 0.600. The van der Waals surface area contributed by atoms with Gasteiger partial charge in [0.05, 0.1) is 32.3 Å². The summed E-state index contributed by atoms with van der Waals surface area (Å²) in [6.45, 7) is 4.71. The lowest BCUT2D eigenvalue weighted by Gasteiger charge is -2.37. The third-order valence-electron chi connectivity index (χ3n) is 4.08. The molecule has 1 fully saturated rings. The number of rotatable bonds is 7. The van der Waals surface area contributed by atoms with E-state index in [4.69, 9.17) is 18.6 Å². The van der Waals surface area contributed by atoms with Crippen LogP contribution in [0, 0.1) is 5.41 Å². The van der Waals surface area contributed by atoms with Crippen molar-refractivity contribution in [2.75, 3.05) is 34.5 Å². The minimum absolute atomic E-state index is 0.550. The Balaban J connectivity index is 0.000000188. The van der Waals surface area contributed by atoms with Crippen molar-refractivity contribution in [2.45, 2.75) is 39.2 Å². The van der Waals surface area contributed by atoms with Gasteiger partial charge in [-0.1, -0.05) is 19.4 Å². The Bertz CT molecular complexity index is 504. The maximum Gasteiger partial charge on any atom is 0.0957 e. The van der Waals surface area contributed by atoms with E-state index in [9.17, 15) is 0 Å². The summed E-state index contributed by atoms with van der Waals surface area (Å²) in [5, 5.41) is 2.09. The minimum Gasteiger partial charge on any atom is -0.472 e. The first-order valence-corrected chi connectivity index (χ1v) is 9.52. The molecule has 0 aromatic carbocycles. The summed E-state index contributed by atoms with van der Waals surface area (Å²) in [6.07, 6.45) is 8.48. The number of furan rings is 1. The first-order chi connectivity index (χ1) is 12.1. The van der Waals surface area contributed by atoms with Gasteiger partial charge < -0.3 is 18.6 Å². The molecule has 2 heterocycles. The Kier molecular flexibility index (Phi) is 11.5. The van der Waals surface area contributed by atoms with E-state index in [0.29, 0.717) is 12.0 Å². The molecule has 0 N–H and O–H groups in total. The minimum atomic E-state index is 0.550. The second-order valence-corrected chi connectivity index (χ2v) is 7.52. The number of methoxy groups -OCH3 is 3. The molecule has 0 spiro atoms. The zero-order valence-corrected chi connectivity index (χ0v) is 16.8. The largest absolute Gasteiger partial charge is 0.472 e. The van der Waals surface area contributed by atoms with Crippen LogP contribution in [-0.2, 0) is 27.2 Å². The van der Waals surface area contributed by atoms with Crippen LogP contribution in [0.4, 0.5) is 0 Å². The van der Waals surface area contributed by atoms with E-state index in [1.54, 1.807) is 45.2 Å². The van der Waals surface area contributed by atoms with Gasteiger partial charge in [-0.25, -0.2) is 0 Å². The van der Waals surface area contributed by atoms with Crippen molar-refractivity contribution in [3.8, 4) is 0 Å². The fourth-order valence-corrected chi connectivity index (χ4v) is 3.16. The van der Waals surface area contributed by atoms with Gasteiger partial charge in [-0.15, -0.1) is 11.3 Å². The molecule has 25 heavy (non-hydrogen) atoms. The Labute approximate surface area is 156 Å². The molecule has 0 saturated heterocycles. The molecule has 5 heteroatoms. The lowest BCUT2D eigenvalue weighted by molar-refractivity contribution is 0.0332. The molecular formula is C20H32O4S. The van der Waals surface area contributed by atoms with Gasteiger partial charge >= 0.3 is 0 Å². The smallest absolute Gasteiger partial charge is 0.0957 e. The number of hydrogen-bond donors (Lipinski definition) is 0. The predicted octanol–water partition coefficient (Wildman–Crippen LogP) is 5.19. The van der Waals surface area contributed by atoms with E-state index < -0.39 is 0 Å². The Hall–Kier alpha value is -1.14. The van der Waals surface area contributed by atoms with Gasteiger partial charge in [0.1, 0.15) is 0 Å². The molecule has 4 nitrogen and oxygen atoms in total. The predicted molar refractivity (Wildman–Crippen MR) is 103 cm³/mol. The molecule has 142 valence electrons. The van der Waals surface area contributed by atoms with E-state index in [0.717, 1.165) is 25.2 Å². The monoisotopic (exact) mass is 368 g/mol. The molecule has 0 atom stereocenters. The van der Waals surface area contributed by atoms with Crippen LogP contribution in [0.15, 0.2) is 40.5 Å². The van der Waals surface area contributed by atoms with E-state index in [1.165, 1.54) is 24.1 Å². The number of ether oxygens (including phenoxy) is 3. The summed E-state index contributed by atoms with van der Waals surface area (Å²) in [5.41, 5.74) is 1.63. The van der Waals surface area contributed by atoms with Crippen molar-refractivity contribution in [3.63, 3.8) is 0 Å². The summed E-state index contributed by atoms with van der Waals surface area (Å²) >= 11 is 1.78. The van der Waals surface area contributed by atoms with E-state index in [2.05, 4.69) is 24.4 Å². The molecule has 0 unspecified atom stereocenters. The van der Waals surface area contributed by atoms with Crippen LogP contribution in [0.5, 0.6) is 0 Å². The lowest BCUT2D eigenvalue weighted by atomic mass is 9.71. The van der Waals surface area contributed by atoms with Crippen LogP contribution in [-0.4, -0.2) is 34.5 Å². The number of thiophene rings is 1. The van der Waals surface area contributed by atoms with E-state index in [1.807, 2.05) is 6.07 Å². The van der Waals surface area contributed by atoms with Crippen LogP contribution < -0.4 is 0 Å². The van der Waals surface area contributed by atoms with Gasteiger partial charge in [0, 0.05) is 38.2 Å². The molecular weight excluding hydrogens is 336 g/mol. The first-order valence-electron chi connectivity index (χ1n) is 8.64. The fourth-order valence-electron chi connectivity index (χ4n) is 2.47. The van der Waals surface area contributed by atoms with Crippen molar-refractivity contribution >= 4 is 11.3 Å². The van der Waals surface area contributed by atoms with Gasteiger partial charge in [-0.2, -0.15) is 0 Å². The summed E-state index contributed by atoms with van der Waals surface area (Å²) in [6, 6.07) is 6.07. The van der Waals surface area contributed by atoms with Gasteiger partial charge in [0.25, 0.3) is 0 Å². The van der Waals surface area contributed by atoms with Crippen molar-refractivity contribution in [1.29, 1.82) is 0 Å². The van der Waals surface area contributed by atoms with Crippen molar-refractivity contribution in [2.24, 2.45) is 5.41 Å². The molecule has 0 radical (unpaired) electrons. The topological polar surface area (TPSA) is 40.8 Å². The van der Waals surface area contributed by atoms with E-state index in [-0.39, 0.29) is 0 Å². The molecule has 0 bridgehead atoms. The maximum absolute atomic E-state index is 5.05. The summed E-state index contributed by atoms with van der Waals surface area (Å²) in [5.74, 6) is 0. The average Bonchev–Trinajstić information content (AvgIpc) is 3.27. The zero-order chi connectivity index (χ0) is 18.4. The number of hydrogen-bond acceptors (Lipinski definition) is 5. The molecule has 2 aromatic rings.